The second kappa shape index (κ2) is 5.17. The molecule has 0 N–H and O–H groups in total. The SMILES string of the molecule is CCc1cccc(-c2cc(C(F)(F)F)nc(Cl)n2)c1. The Morgan fingerprint density at radius 3 is 2.53 bits per heavy atom. The van der Waals surface area contributed by atoms with Gasteiger partial charge in [0.1, 0.15) is 5.69 Å². The van der Waals surface area contributed by atoms with Crippen LogP contribution in [0.15, 0.2) is 30.3 Å². The molecule has 100 valence electrons. The molecule has 2 nitrogen and oxygen atoms in total. The van der Waals surface area contributed by atoms with Crippen molar-refractivity contribution < 1.29 is 13.2 Å². The zero-order valence-corrected chi connectivity index (χ0v) is 10.8. The summed E-state index contributed by atoms with van der Waals surface area (Å²) in [6.45, 7) is 1.97. The second-order valence-electron chi connectivity index (χ2n) is 3.96. The Labute approximate surface area is 113 Å². The summed E-state index contributed by atoms with van der Waals surface area (Å²) in [7, 11) is 0. The predicted molar refractivity (Wildman–Crippen MR) is 66.9 cm³/mol. The standard InChI is InChI=1S/C13H10ClF3N2/c1-2-8-4-3-5-9(6-8)10-7-11(13(15,16)17)19-12(14)18-10/h3-7H,2H2,1H3. The number of alkyl halides is 3. The maximum Gasteiger partial charge on any atom is 0.433 e. The fraction of sp³-hybridized carbons (Fsp3) is 0.231. The van der Waals surface area contributed by atoms with Gasteiger partial charge in [-0.25, -0.2) is 9.97 Å². The van der Waals surface area contributed by atoms with Crippen LogP contribution >= 0.6 is 11.6 Å². The third-order valence-electron chi connectivity index (χ3n) is 2.62. The minimum absolute atomic E-state index is 0.169. The summed E-state index contributed by atoms with van der Waals surface area (Å²) in [5.74, 6) is 0. The van der Waals surface area contributed by atoms with E-state index in [0.717, 1.165) is 18.1 Å². The zero-order chi connectivity index (χ0) is 14.0. The molecule has 1 aromatic heterocycles. The molecule has 0 saturated heterocycles. The highest BCUT2D eigenvalue weighted by molar-refractivity contribution is 6.28. The fourth-order valence-electron chi connectivity index (χ4n) is 1.66. The van der Waals surface area contributed by atoms with Crippen molar-refractivity contribution in [3.8, 4) is 11.3 Å². The number of hydrogen-bond donors (Lipinski definition) is 0. The highest BCUT2D eigenvalue weighted by atomic mass is 35.5. The lowest BCUT2D eigenvalue weighted by atomic mass is 10.1. The van der Waals surface area contributed by atoms with E-state index < -0.39 is 17.2 Å². The van der Waals surface area contributed by atoms with Gasteiger partial charge in [0.05, 0.1) is 5.69 Å². The smallest absolute Gasteiger partial charge is 0.218 e. The monoisotopic (exact) mass is 286 g/mol. The minimum atomic E-state index is -4.54. The van der Waals surface area contributed by atoms with Gasteiger partial charge in [0.2, 0.25) is 5.28 Å². The van der Waals surface area contributed by atoms with Crippen LogP contribution < -0.4 is 0 Å². The molecule has 0 radical (unpaired) electrons. The third-order valence-corrected chi connectivity index (χ3v) is 2.79. The van der Waals surface area contributed by atoms with Gasteiger partial charge in [-0.1, -0.05) is 25.1 Å². The van der Waals surface area contributed by atoms with Crippen LogP contribution in [-0.2, 0) is 12.6 Å². The number of halogens is 4. The molecule has 0 atom stereocenters. The molecule has 0 aliphatic rings. The number of rotatable bonds is 2. The molecule has 2 rings (SSSR count). The first-order valence-corrected chi connectivity index (χ1v) is 5.99. The van der Waals surface area contributed by atoms with E-state index in [0.29, 0.717) is 5.56 Å². The van der Waals surface area contributed by atoms with Crippen molar-refractivity contribution in [1.29, 1.82) is 0 Å². The van der Waals surface area contributed by atoms with E-state index in [-0.39, 0.29) is 5.69 Å². The van der Waals surface area contributed by atoms with Crippen molar-refractivity contribution in [2.24, 2.45) is 0 Å². The number of nitrogens with zero attached hydrogens (tertiary/aromatic N) is 2. The predicted octanol–water partition coefficient (Wildman–Crippen LogP) is 4.38. The van der Waals surface area contributed by atoms with Crippen molar-refractivity contribution in [3.63, 3.8) is 0 Å². The largest absolute Gasteiger partial charge is 0.433 e. The number of benzene rings is 1. The van der Waals surface area contributed by atoms with Gasteiger partial charge in [0.25, 0.3) is 0 Å². The molecule has 0 spiro atoms. The molecule has 6 heteroatoms. The topological polar surface area (TPSA) is 25.8 Å². The Kier molecular flexibility index (Phi) is 3.75. The van der Waals surface area contributed by atoms with E-state index >= 15 is 0 Å². The summed E-state index contributed by atoms with van der Waals surface area (Å²) in [5, 5.41) is -0.410. The first-order chi connectivity index (χ1) is 8.90. The molecule has 19 heavy (non-hydrogen) atoms. The summed E-state index contributed by atoms with van der Waals surface area (Å²) in [5.41, 5.74) is 0.738. The van der Waals surface area contributed by atoms with Gasteiger partial charge in [-0.05, 0) is 35.7 Å². The number of aromatic nitrogens is 2. The lowest BCUT2D eigenvalue weighted by Crippen LogP contribution is -2.09. The summed E-state index contributed by atoms with van der Waals surface area (Å²) in [6, 6.07) is 8.06. The number of aryl methyl sites for hydroxylation is 1. The Bertz CT molecular complexity index is 597. The van der Waals surface area contributed by atoms with E-state index in [1.807, 2.05) is 13.0 Å². The molecule has 2 aromatic rings. The van der Waals surface area contributed by atoms with Crippen LogP contribution in [0, 0.1) is 0 Å². The van der Waals surface area contributed by atoms with Crippen LogP contribution in [-0.4, -0.2) is 9.97 Å². The Hall–Kier alpha value is -1.62. The molecular formula is C13H10ClF3N2. The Morgan fingerprint density at radius 1 is 1.16 bits per heavy atom. The summed E-state index contributed by atoms with van der Waals surface area (Å²) >= 11 is 5.56. The molecule has 1 aromatic carbocycles. The third kappa shape index (κ3) is 3.23. The normalized spacial score (nSPS) is 11.6. The quantitative estimate of drug-likeness (QED) is 0.766. The summed E-state index contributed by atoms with van der Waals surface area (Å²) in [6.07, 6.45) is -3.75. The Balaban J connectivity index is 2.53. The molecular weight excluding hydrogens is 277 g/mol. The van der Waals surface area contributed by atoms with Crippen LogP contribution in [0.5, 0.6) is 0 Å². The fourth-order valence-corrected chi connectivity index (χ4v) is 1.84. The van der Waals surface area contributed by atoms with Gasteiger partial charge >= 0.3 is 6.18 Å². The van der Waals surface area contributed by atoms with E-state index in [1.165, 1.54) is 0 Å². The van der Waals surface area contributed by atoms with Crippen LogP contribution in [0.2, 0.25) is 5.28 Å². The summed E-state index contributed by atoms with van der Waals surface area (Å²) in [4.78, 5) is 7.05. The molecule has 0 fully saturated rings. The molecule has 0 saturated carbocycles. The molecule has 1 heterocycles. The maximum absolute atomic E-state index is 12.7. The van der Waals surface area contributed by atoms with E-state index in [2.05, 4.69) is 9.97 Å². The average molecular weight is 287 g/mol. The molecule has 0 amide bonds. The van der Waals surface area contributed by atoms with E-state index in [9.17, 15) is 13.2 Å². The first kappa shape index (κ1) is 13.8. The molecule has 0 aliphatic heterocycles. The lowest BCUT2D eigenvalue weighted by Gasteiger charge is -2.09. The van der Waals surface area contributed by atoms with Gasteiger partial charge < -0.3 is 0 Å². The molecule has 0 bridgehead atoms. The zero-order valence-electron chi connectivity index (χ0n) is 10.0. The van der Waals surface area contributed by atoms with Gasteiger partial charge in [-0.2, -0.15) is 13.2 Å². The highest BCUT2D eigenvalue weighted by Crippen LogP contribution is 2.31. The lowest BCUT2D eigenvalue weighted by molar-refractivity contribution is -0.141. The molecule has 0 unspecified atom stereocenters. The van der Waals surface area contributed by atoms with Crippen molar-refractivity contribution in [2.45, 2.75) is 19.5 Å². The molecule has 0 aliphatic carbocycles. The van der Waals surface area contributed by atoms with Crippen molar-refractivity contribution in [1.82, 2.24) is 9.97 Å². The second-order valence-corrected chi connectivity index (χ2v) is 4.30. The van der Waals surface area contributed by atoms with Crippen molar-refractivity contribution in [2.75, 3.05) is 0 Å². The Morgan fingerprint density at radius 2 is 1.89 bits per heavy atom. The summed E-state index contributed by atoms with van der Waals surface area (Å²) < 4.78 is 38.0. The van der Waals surface area contributed by atoms with Gasteiger partial charge in [-0.3, -0.25) is 0 Å². The van der Waals surface area contributed by atoms with Crippen LogP contribution in [0.4, 0.5) is 13.2 Å². The van der Waals surface area contributed by atoms with Gasteiger partial charge in [0.15, 0.2) is 0 Å². The van der Waals surface area contributed by atoms with Crippen LogP contribution in [0.3, 0.4) is 0 Å². The van der Waals surface area contributed by atoms with Crippen LogP contribution in [0.1, 0.15) is 18.2 Å². The highest BCUT2D eigenvalue weighted by Gasteiger charge is 2.33. The van der Waals surface area contributed by atoms with Crippen LogP contribution in [0.25, 0.3) is 11.3 Å². The van der Waals surface area contributed by atoms with Gasteiger partial charge in [0, 0.05) is 5.56 Å². The maximum atomic E-state index is 12.7. The van der Waals surface area contributed by atoms with E-state index in [4.69, 9.17) is 11.6 Å². The van der Waals surface area contributed by atoms with Crippen molar-refractivity contribution >= 4 is 11.6 Å². The minimum Gasteiger partial charge on any atom is -0.218 e. The van der Waals surface area contributed by atoms with Crippen molar-refractivity contribution in [3.05, 3.63) is 46.9 Å². The number of hydrogen-bond acceptors (Lipinski definition) is 2. The first-order valence-electron chi connectivity index (χ1n) is 5.61. The average Bonchev–Trinajstić information content (AvgIpc) is 2.37. The van der Waals surface area contributed by atoms with E-state index in [1.54, 1.807) is 18.2 Å². The van der Waals surface area contributed by atoms with Gasteiger partial charge in [-0.15, -0.1) is 0 Å².